The second kappa shape index (κ2) is 1.49. The van der Waals surface area contributed by atoms with Gasteiger partial charge in [-0.3, -0.25) is 0 Å². The van der Waals surface area contributed by atoms with Gasteiger partial charge in [-0.05, 0) is 19.6 Å². The first kappa shape index (κ1) is 5.65. The van der Waals surface area contributed by atoms with Crippen LogP contribution in [0.4, 0.5) is 0 Å². The fourth-order valence-electron chi connectivity index (χ4n) is 1.09. The minimum atomic E-state index is -0.527. The zero-order chi connectivity index (χ0) is 6.20. The van der Waals surface area contributed by atoms with Crippen LogP contribution in [0, 0.1) is 11.2 Å². The molecule has 1 heterocycles. The topological polar surface area (TPSA) is 44.0 Å². The first-order chi connectivity index (χ1) is 3.64. The van der Waals surface area contributed by atoms with Crippen molar-refractivity contribution in [2.24, 2.45) is 0 Å². The Morgan fingerprint density at radius 3 is 2.38 bits per heavy atom. The molecule has 1 N–H and O–H groups in total. The molecule has 8 heavy (non-hydrogen) atoms. The SMILES string of the molecule is CC1(O)CB(C#N)C1. The first-order valence-corrected chi connectivity index (χ1v) is 2.76. The molecule has 0 aromatic heterocycles. The van der Waals surface area contributed by atoms with Gasteiger partial charge in [-0.2, -0.15) is 0 Å². The maximum Gasteiger partial charge on any atom is 0.273 e. The van der Waals surface area contributed by atoms with E-state index >= 15 is 0 Å². The van der Waals surface area contributed by atoms with E-state index in [1.165, 1.54) is 0 Å². The molecule has 0 amide bonds. The minimum Gasteiger partial charge on any atom is -0.392 e. The summed E-state index contributed by atoms with van der Waals surface area (Å²) >= 11 is 0. The molecule has 2 nitrogen and oxygen atoms in total. The van der Waals surface area contributed by atoms with Crippen LogP contribution in [-0.4, -0.2) is 17.4 Å². The van der Waals surface area contributed by atoms with Crippen molar-refractivity contribution >= 4 is 6.71 Å². The van der Waals surface area contributed by atoms with Gasteiger partial charge in [-0.1, -0.05) is 0 Å². The molecular formula is C5H8BNO. The van der Waals surface area contributed by atoms with Gasteiger partial charge >= 0.3 is 0 Å². The van der Waals surface area contributed by atoms with Gasteiger partial charge in [0, 0.05) is 5.97 Å². The molecule has 0 unspecified atom stereocenters. The van der Waals surface area contributed by atoms with Gasteiger partial charge in [0.1, 0.15) is 0 Å². The van der Waals surface area contributed by atoms with Gasteiger partial charge in [0.2, 0.25) is 0 Å². The van der Waals surface area contributed by atoms with Crippen LogP contribution in [0.5, 0.6) is 0 Å². The lowest BCUT2D eigenvalue weighted by Crippen LogP contribution is -2.45. The van der Waals surface area contributed by atoms with Crippen LogP contribution >= 0.6 is 0 Å². The lowest BCUT2D eigenvalue weighted by molar-refractivity contribution is 0.0819. The standard InChI is InChI=1S/C5H8BNO/c1-5(8)2-6(3-5)4-7/h8H,2-3H2,1H3. The second-order valence-corrected chi connectivity index (χ2v) is 2.73. The maximum atomic E-state index is 9.06. The number of hydrogen-bond donors (Lipinski definition) is 1. The van der Waals surface area contributed by atoms with E-state index in [0.717, 1.165) is 0 Å². The molecule has 0 saturated carbocycles. The summed E-state index contributed by atoms with van der Waals surface area (Å²) in [5, 5.41) is 17.3. The summed E-state index contributed by atoms with van der Waals surface area (Å²) in [6.45, 7) is 1.88. The summed E-state index contributed by atoms with van der Waals surface area (Å²) in [6, 6.07) is 0. The van der Waals surface area contributed by atoms with Crippen molar-refractivity contribution < 1.29 is 5.11 Å². The summed E-state index contributed by atoms with van der Waals surface area (Å²) in [5.74, 6) is 2.10. The molecule has 0 bridgehead atoms. The monoisotopic (exact) mass is 109 g/mol. The Kier molecular flexibility index (Phi) is 1.06. The number of nitrogens with zero attached hydrogens (tertiary/aromatic N) is 1. The number of hydrogen-bond acceptors (Lipinski definition) is 2. The summed E-state index contributed by atoms with van der Waals surface area (Å²) in [5.41, 5.74) is -0.527. The highest BCUT2D eigenvalue weighted by atomic mass is 16.3. The van der Waals surface area contributed by atoms with Crippen LogP contribution in [0.25, 0.3) is 0 Å². The molecule has 1 saturated heterocycles. The summed E-state index contributed by atoms with van der Waals surface area (Å²) in [4.78, 5) is 0. The van der Waals surface area contributed by atoms with Gasteiger partial charge in [0.05, 0.1) is 5.60 Å². The molecule has 1 rings (SSSR count). The quantitative estimate of drug-likeness (QED) is 0.455. The highest BCUT2D eigenvalue weighted by Gasteiger charge is 2.41. The van der Waals surface area contributed by atoms with Crippen molar-refractivity contribution in [1.29, 1.82) is 5.26 Å². The Hall–Kier alpha value is -0.485. The van der Waals surface area contributed by atoms with E-state index in [1.807, 2.05) is 0 Å². The highest BCUT2D eigenvalue weighted by molar-refractivity contribution is 6.70. The zero-order valence-electron chi connectivity index (χ0n) is 4.89. The van der Waals surface area contributed by atoms with Crippen molar-refractivity contribution in [1.82, 2.24) is 0 Å². The third kappa shape index (κ3) is 0.848. The predicted molar refractivity (Wildman–Crippen MR) is 31.6 cm³/mol. The van der Waals surface area contributed by atoms with Gasteiger partial charge < -0.3 is 5.11 Å². The Labute approximate surface area is 49.2 Å². The molecule has 0 spiro atoms. The van der Waals surface area contributed by atoms with E-state index in [2.05, 4.69) is 5.97 Å². The maximum absolute atomic E-state index is 9.06. The van der Waals surface area contributed by atoms with Crippen LogP contribution in [0.2, 0.25) is 12.6 Å². The molecular weight excluding hydrogens is 101 g/mol. The normalized spacial score (nSPS) is 23.9. The van der Waals surface area contributed by atoms with E-state index in [9.17, 15) is 0 Å². The number of aliphatic hydroxyl groups is 1. The van der Waals surface area contributed by atoms with Crippen LogP contribution in [0.1, 0.15) is 6.92 Å². The molecule has 0 radical (unpaired) electrons. The third-order valence-corrected chi connectivity index (χ3v) is 1.55. The molecule has 3 heteroatoms. The smallest absolute Gasteiger partial charge is 0.273 e. The van der Waals surface area contributed by atoms with Crippen molar-refractivity contribution in [2.75, 3.05) is 0 Å². The average Bonchev–Trinajstić information content (AvgIpc) is 1.60. The Morgan fingerprint density at radius 1 is 1.75 bits per heavy atom. The minimum absolute atomic E-state index is 0.116. The van der Waals surface area contributed by atoms with Crippen molar-refractivity contribution in [3.05, 3.63) is 0 Å². The van der Waals surface area contributed by atoms with Gasteiger partial charge in [-0.25, -0.2) is 5.26 Å². The van der Waals surface area contributed by atoms with Crippen LogP contribution in [0.15, 0.2) is 0 Å². The molecule has 0 aromatic carbocycles. The molecule has 1 aliphatic rings. The van der Waals surface area contributed by atoms with Gasteiger partial charge in [0.25, 0.3) is 6.71 Å². The Balaban J connectivity index is 2.34. The molecule has 1 aliphatic heterocycles. The zero-order valence-corrected chi connectivity index (χ0v) is 4.89. The molecule has 1 fully saturated rings. The van der Waals surface area contributed by atoms with Crippen molar-refractivity contribution in [3.8, 4) is 5.97 Å². The fourth-order valence-corrected chi connectivity index (χ4v) is 1.09. The first-order valence-electron chi connectivity index (χ1n) is 2.76. The summed E-state index contributed by atoms with van der Waals surface area (Å²) < 4.78 is 0. The molecule has 0 aromatic rings. The van der Waals surface area contributed by atoms with Gasteiger partial charge in [0.15, 0.2) is 0 Å². The third-order valence-electron chi connectivity index (χ3n) is 1.55. The van der Waals surface area contributed by atoms with Crippen LogP contribution in [-0.2, 0) is 0 Å². The van der Waals surface area contributed by atoms with E-state index in [4.69, 9.17) is 10.4 Å². The Morgan fingerprint density at radius 2 is 2.25 bits per heavy atom. The van der Waals surface area contributed by atoms with Crippen LogP contribution in [0.3, 0.4) is 0 Å². The molecule has 0 atom stereocenters. The van der Waals surface area contributed by atoms with E-state index in [1.54, 1.807) is 6.92 Å². The lowest BCUT2D eigenvalue weighted by Gasteiger charge is -2.34. The van der Waals surface area contributed by atoms with E-state index in [0.29, 0.717) is 12.6 Å². The summed E-state index contributed by atoms with van der Waals surface area (Å²) in [7, 11) is 0. The van der Waals surface area contributed by atoms with E-state index in [-0.39, 0.29) is 6.71 Å². The molecule has 0 aliphatic carbocycles. The number of rotatable bonds is 0. The van der Waals surface area contributed by atoms with Gasteiger partial charge in [-0.15, -0.1) is 0 Å². The lowest BCUT2D eigenvalue weighted by atomic mass is 9.31. The second-order valence-electron chi connectivity index (χ2n) is 2.73. The Bertz CT molecular complexity index is 130. The highest BCUT2D eigenvalue weighted by Crippen LogP contribution is 2.31. The average molecular weight is 109 g/mol. The van der Waals surface area contributed by atoms with Crippen LogP contribution < -0.4 is 0 Å². The summed E-state index contributed by atoms with van der Waals surface area (Å²) in [6.07, 6.45) is 1.31. The predicted octanol–water partition coefficient (Wildman–Crippen LogP) is 0.309. The number of nitriles is 1. The van der Waals surface area contributed by atoms with Crippen molar-refractivity contribution in [2.45, 2.75) is 25.2 Å². The van der Waals surface area contributed by atoms with Crippen molar-refractivity contribution in [3.63, 3.8) is 0 Å². The van der Waals surface area contributed by atoms with E-state index < -0.39 is 5.60 Å². The fraction of sp³-hybridized carbons (Fsp3) is 0.800. The molecule has 42 valence electrons. The largest absolute Gasteiger partial charge is 0.392 e.